The van der Waals surface area contributed by atoms with Gasteiger partial charge in [-0.15, -0.1) is 0 Å². The van der Waals surface area contributed by atoms with E-state index < -0.39 is 0 Å². The van der Waals surface area contributed by atoms with Gasteiger partial charge >= 0.3 is 0 Å². The number of likely N-dealkylation sites (tertiary alicyclic amines) is 2. The molecule has 2 aromatic rings. The lowest BCUT2D eigenvalue weighted by Crippen LogP contribution is -2.34. The van der Waals surface area contributed by atoms with Crippen molar-refractivity contribution in [1.29, 1.82) is 0 Å². The van der Waals surface area contributed by atoms with E-state index in [1.165, 1.54) is 182 Å². The lowest BCUT2D eigenvalue weighted by molar-refractivity contribution is -0.142. The maximum atomic E-state index is 14.0. The number of carbonyl (C=O) groups excluding carboxylic acids is 4. The first-order valence-electron chi connectivity index (χ1n) is 33.8. The molecule has 6 heteroatoms. The first-order chi connectivity index (χ1) is 39.2. The zero-order chi connectivity index (χ0) is 56.0. The fourth-order valence-electron chi connectivity index (χ4n) is 17.5. The van der Waals surface area contributed by atoms with E-state index in [1.54, 1.807) is 9.80 Å². The molecule has 7 aliphatic rings. The average molecular weight is 1090 g/mol. The number of benzene rings is 2. The predicted molar refractivity (Wildman–Crippen MR) is 332 cm³/mol. The molecule has 80 heavy (non-hydrogen) atoms. The number of imide groups is 2. The summed E-state index contributed by atoms with van der Waals surface area (Å²) in [6.07, 6.45) is 50.0. The molecule has 9 rings (SSSR count). The summed E-state index contributed by atoms with van der Waals surface area (Å²) in [4.78, 5) is 58.6. The van der Waals surface area contributed by atoms with Gasteiger partial charge in [-0.3, -0.25) is 29.0 Å². The first kappa shape index (κ1) is 60.3. The maximum Gasteiger partial charge on any atom is 0.233 e. The van der Waals surface area contributed by atoms with E-state index in [1.807, 2.05) is 12.2 Å². The molecular formula is C74H106N2O4. The van der Waals surface area contributed by atoms with E-state index >= 15 is 0 Å². The molecule has 0 radical (unpaired) electrons. The number of hydrogen-bond acceptors (Lipinski definition) is 4. The predicted octanol–water partition coefficient (Wildman–Crippen LogP) is 18.4. The first-order valence-corrected chi connectivity index (χ1v) is 33.8. The molecule has 2 aliphatic heterocycles. The fraction of sp³-hybridized carbons (Fsp3) is 0.676. The van der Waals surface area contributed by atoms with Crippen LogP contribution in [0.2, 0.25) is 0 Å². The third-order valence-corrected chi connectivity index (χ3v) is 21.8. The van der Waals surface area contributed by atoms with E-state index in [-0.39, 0.29) is 71.0 Å². The molecule has 0 aromatic heterocycles. The number of carbonyl (C=O) groups is 4. The smallest absolute Gasteiger partial charge is 0.233 e. The van der Waals surface area contributed by atoms with Gasteiger partial charge in [0.15, 0.2) is 0 Å². The topological polar surface area (TPSA) is 74.8 Å². The zero-order valence-electron chi connectivity index (χ0n) is 50.5. The molecule has 0 N–H and O–H groups in total. The van der Waals surface area contributed by atoms with Gasteiger partial charge in [0.25, 0.3) is 0 Å². The average Bonchev–Trinajstić information content (AvgIpc) is 4.35. The van der Waals surface area contributed by atoms with E-state index in [2.05, 4.69) is 88.5 Å². The van der Waals surface area contributed by atoms with Crippen molar-refractivity contribution < 1.29 is 19.2 Å². The van der Waals surface area contributed by atoms with Gasteiger partial charge in [0.1, 0.15) is 0 Å². The number of hydrogen-bond donors (Lipinski definition) is 0. The van der Waals surface area contributed by atoms with Crippen molar-refractivity contribution in [2.24, 2.45) is 71.0 Å². The molecule has 4 amide bonds. The summed E-state index contributed by atoms with van der Waals surface area (Å²) in [6.45, 7) is 16.0. The lowest BCUT2D eigenvalue weighted by Gasteiger charge is -2.43. The number of fused-ring (bicyclic) bond motifs is 10. The summed E-state index contributed by atoms with van der Waals surface area (Å²) >= 11 is 0. The minimum atomic E-state index is -0.178. The van der Waals surface area contributed by atoms with Gasteiger partial charge in [-0.1, -0.05) is 248 Å². The Hall–Kier alpha value is -4.32. The standard InChI is InChI=1S/C74H106N2O4/c1-6-11-13-15-22-28-34-62-57(32-26-14-12-7-2)45-55(31-25-20-16-18-23-30-44-76-72(78)68-61-50-65(66(51-61)70(68)74(76)80)63-47-53(9-4)39-41-56(63)10-5)46-58(62)33-27-21-17-19-24-29-43-75-71(77)67-60-48-59(64(49-60)69(67)73(75)79)42-40-54-37-35-52(8-3)36-38-54/h8-9,35-39,41,47-48,50,55,57-58,60-62,64,66-70H,3-4,6-7,10-34,40,42-46,49,51H2,1-2,5H3. The third-order valence-electron chi connectivity index (χ3n) is 21.8. The number of aryl methyl sites for hydroxylation is 2. The summed E-state index contributed by atoms with van der Waals surface area (Å²) in [5, 5.41) is 0. The Bertz CT molecular complexity index is 2460. The Morgan fingerprint density at radius 3 is 1.52 bits per heavy atom. The molecule has 3 saturated carbocycles. The Kier molecular flexibility index (Phi) is 22.4. The molecule has 0 spiro atoms. The number of rotatable bonds is 37. The molecule has 4 bridgehead atoms. The molecule has 2 saturated heterocycles. The second-order valence-electron chi connectivity index (χ2n) is 26.8. The van der Waals surface area contributed by atoms with Crippen LogP contribution in [0.5, 0.6) is 0 Å². The van der Waals surface area contributed by atoms with Crippen molar-refractivity contribution in [2.75, 3.05) is 13.1 Å². The molecule has 12 atom stereocenters. The highest BCUT2D eigenvalue weighted by atomic mass is 16.2. The Labute approximate surface area is 485 Å². The second kappa shape index (κ2) is 29.8. The highest BCUT2D eigenvalue weighted by Crippen LogP contribution is 2.59. The van der Waals surface area contributed by atoms with Crippen molar-refractivity contribution in [3.05, 3.63) is 101 Å². The molecule has 5 aliphatic carbocycles. The van der Waals surface area contributed by atoms with Crippen molar-refractivity contribution in [1.82, 2.24) is 9.80 Å². The van der Waals surface area contributed by atoms with Crippen LogP contribution in [0.3, 0.4) is 0 Å². The summed E-state index contributed by atoms with van der Waals surface area (Å²) < 4.78 is 0. The number of nitrogens with zero attached hydrogens (tertiary/aromatic N) is 2. The lowest BCUT2D eigenvalue weighted by atomic mass is 9.62. The van der Waals surface area contributed by atoms with Gasteiger partial charge < -0.3 is 0 Å². The van der Waals surface area contributed by atoms with Gasteiger partial charge in [0.2, 0.25) is 23.6 Å². The van der Waals surface area contributed by atoms with Crippen LogP contribution in [0.15, 0.2) is 73.3 Å². The molecule has 5 fully saturated rings. The summed E-state index contributed by atoms with van der Waals surface area (Å²) in [6, 6.07) is 15.2. The van der Waals surface area contributed by atoms with E-state index in [9.17, 15) is 19.2 Å². The van der Waals surface area contributed by atoms with Crippen molar-refractivity contribution in [3.8, 4) is 0 Å². The van der Waals surface area contributed by atoms with Crippen LogP contribution in [-0.2, 0) is 32.0 Å². The van der Waals surface area contributed by atoms with Crippen LogP contribution in [0.25, 0.3) is 17.7 Å². The Balaban J connectivity index is 0.689. The highest BCUT2D eigenvalue weighted by molar-refractivity contribution is 6.08. The van der Waals surface area contributed by atoms with E-state index in [4.69, 9.17) is 0 Å². The molecule has 436 valence electrons. The Morgan fingerprint density at radius 2 is 0.950 bits per heavy atom. The molecular weight excluding hydrogens is 981 g/mol. The largest absolute Gasteiger partial charge is 0.282 e. The summed E-state index contributed by atoms with van der Waals surface area (Å²) in [5.41, 5.74) is 8.86. The van der Waals surface area contributed by atoms with Gasteiger partial charge in [-0.2, -0.15) is 0 Å². The number of unbranched alkanes of at least 4 members (excludes halogenated alkanes) is 18. The van der Waals surface area contributed by atoms with Gasteiger partial charge in [0, 0.05) is 13.1 Å². The number of amides is 4. The second-order valence-corrected chi connectivity index (χ2v) is 26.8. The fourth-order valence-corrected chi connectivity index (χ4v) is 17.5. The zero-order valence-corrected chi connectivity index (χ0v) is 50.5. The van der Waals surface area contributed by atoms with Crippen molar-refractivity contribution >= 4 is 41.4 Å². The highest BCUT2D eigenvalue weighted by Gasteiger charge is 2.62. The third kappa shape index (κ3) is 14.2. The van der Waals surface area contributed by atoms with Crippen LogP contribution in [0, 0.1) is 71.0 Å². The van der Waals surface area contributed by atoms with Crippen molar-refractivity contribution in [3.63, 3.8) is 0 Å². The minimum absolute atomic E-state index is 0.0983. The molecule has 12 unspecified atom stereocenters. The minimum Gasteiger partial charge on any atom is -0.282 e. The number of allylic oxidation sites excluding steroid dienone is 4. The maximum absolute atomic E-state index is 14.0. The van der Waals surface area contributed by atoms with E-state index in [0.717, 1.165) is 92.6 Å². The monoisotopic (exact) mass is 1090 g/mol. The van der Waals surface area contributed by atoms with Crippen molar-refractivity contribution in [2.45, 2.75) is 233 Å². The van der Waals surface area contributed by atoms with Gasteiger partial charge in [0.05, 0.1) is 23.7 Å². The van der Waals surface area contributed by atoms with Crippen LogP contribution < -0.4 is 0 Å². The van der Waals surface area contributed by atoms with Crippen LogP contribution in [0.4, 0.5) is 0 Å². The molecule has 2 heterocycles. The normalized spacial score (nSPS) is 28.3. The van der Waals surface area contributed by atoms with E-state index in [0.29, 0.717) is 13.1 Å². The van der Waals surface area contributed by atoms with Gasteiger partial charge in [-0.05, 0) is 151 Å². The van der Waals surface area contributed by atoms with Crippen LogP contribution in [0.1, 0.15) is 248 Å². The van der Waals surface area contributed by atoms with Gasteiger partial charge in [-0.25, -0.2) is 0 Å². The summed E-state index contributed by atoms with van der Waals surface area (Å²) in [5.74, 6) is 4.24. The van der Waals surface area contributed by atoms with Crippen LogP contribution >= 0.6 is 0 Å². The van der Waals surface area contributed by atoms with Crippen LogP contribution in [-0.4, -0.2) is 46.5 Å². The quantitative estimate of drug-likeness (QED) is 0.0384. The molecule has 2 aromatic carbocycles. The SMILES string of the molecule is C=Cc1ccc(CCC2=CC3CC2C2C(=O)N(CCCCCCCCC4CC(CCCCCCCCN5C(=O)C6C7C=C(c8cc(C=C)ccc8CC)C(C7)C6C5=O)CC(CCCCCC)C4CCCCCCCC)C(=O)C32)cc1. The summed E-state index contributed by atoms with van der Waals surface area (Å²) in [7, 11) is 0. The Morgan fingerprint density at radius 1 is 0.475 bits per heavy atom. The molecule has 6 nitrogen and oxygen atoms in total.